The van der Waals surface area contributed by atoms with Gasteiger partial charge in [-0.15, -0.1) is 0 Å². The van der Waals surface area contributed by atoms with E-state index in [1.807, 2.05) is 38.1 Å². The highest BCUT2D eigenvalue weighted by molar-refractivity contribution is 9.10. The van der Waals surface area contributed by atoms with E-state index < -0.39 is 6.04 Å². The number of ether oxygens (including phenoxy) is 2. The zero-order valence-electron chi connectivity index (χ0n) is 18.2. The lowest BCUT2D eigenvalue weighted by molar-refractivity contribution is -0.142. The number of rotatable bonds is 10. The molecule has 0 aliphatic heterocycles. The number of carbonyl (C=O) groups excluding carboxylic acids is 2. The van der Waals surface area contributed by atoms with Crippen LogP contribution in [0.25, 0.3) is 0 Å². The molecule has 0 aromatic heterocycles. The molecule has 2 aromatic carbocycles. The van der Waals surface area contributed by atoms with Crippen molar-refractivity contribution >= 4 is 39.3 Å². The first kappa shape index (κ1) is 25.0. The van der Waals surface area contributed by atoms with Crippen LogP contribution in [0.2, 0.25) is 5.02 Å². The van der Waals surface area contributed by atoms with Crippen LogP contribution in [0.1, 0.15) is 32.8 Å². The van der Waals surface area contributed by atoms with Crippen molar-refractivity contribution < 1.29 is 19.1 Å². The van der Waals surface area contributed by atoms with Crippen LogP contribution in [0.5, 0.6) is 11.5 Å². The van der Waals surface area contributed by atoms with Gasteiger partial charge in [0, 0.05) is 17.1 Å². The molecule has 0 aliphatic carbocycles. The van der Waals surface area contributed by atoms with E-state index in [2.05, 4.69) is 21.2 Å². The maximum atomic E-state index is 13.1. The Kier molecular flexibility index (Phi) is 9.65. The van der Waals surface area contributed by atoms with Crippen molar-refractivity contribution in [1.82, 2.24) is 10.2 Å². The average molecular weight is 512 g/mol. The highest BCUT2D eigenvalue weighted by Gasteiger charge is 2.27. The summed E-state index contributed by atoms with van der Waals surface area (Å²) in [5.41, 5.74) is 0.845. The number of benzene rings is 2. The van der Waals surface area contributed by atoms with E-state index in [-0.39, 0.29) is 31.0 Å². The summed E-state index contributed by atoms with van der Waals surface area (Å²) in [5, 5.41) is 3.33. The molecule has 0 radical (unpaired) electrons. The van der Waals surface area contributed by atoms with Crippen LogP contribution in [-0.4, -0.2) is 42.5 Å². The fourth-order valence-electron chi connectivity index (χ4n) is 2.83. The van der Waals surface area contributed by atoms with Crippen molar-refractivity contribution in [2.24, 2.45) is 0 Å². The average Bonchev–Trinajstić information content (AvgIpc) is 2.76. The number of nitrogens with one attached hydrogen (secondary N) is 1. The number of halogens is 2. The van der Waals surface area contributed by atoms with Crippen LogP contribution in [0.15, 0.2) is 46.9 Å². The lowest BCUT2D eigenvalue weighted by atomic mass is 10.1. The third kappa shape index (κ3) is 7.43. The molecule has 0 aliphatic rings. The lowest BCUT2D eigenvalue weighted by Crippen LogP contribution is -2.50. The minimum atomic E-state index is -0.684. The highest BCUT2D eigenvalue weighted by Crippen LogP contribution is 2.28. The van der Waals surface area contributed by atoms with E-state index >= 15 is 0 Å². The largest absolute Gasteiger partial charge is 0.497 e. The van der Waals surface area contributed by atoms with E-state index in [4.69, 9.17) is 21.1 Å². The van der Waals surface area contributed by atoms with Crippen molar-refractivity contribution in [3.8, 4) is 11.5 Å². The summed E-state index contributed by atoms with van der Waals surface area (Å²) < 4.78 is 11.7. The van der Waals surface area contributed by atoms with Gasteiger partial charge in [0.15, 0.2) is 6.61 Å². The fraction of sp³-hybridized carbons (Fsp3) is 0.391. The number of hydrogen-bond donors (Lipinski definition) is 1. The van der Waals surface area contributed by atoms with Gasteiger partial charge in [-0.1, -0.05) is 46.6 Å². The topological polar surface area (TPSA) is 67.9 Å². The molecule has 31 heavy (non-hydrogen) atoms. The molecule has 6 nitrogen and oxygen atoms in total. The summed E-state index contributed by atoms with van der Waals surface area (Å²) in [6, 6.07) is 11.9. The molecule has 168 valence electrons. The maximum absolute atomic E-state index is 13.1. The van der Waals surface area contributed by atoms with Crippen LogP contribution >= 0.6 is 27.5 Å². The summed E-state index contributed by atoms with van der Waals surface area (Å²) in [6.45, 7) is 5.62. The molecule has 1 N–H and O–H groups in total. The van der Waals surface area contributed by atoms with Crippen LogP contribution in [0.4, 0.5) is 0 Å². The first-order chi connectivity index (χ1) is 14.7. The standard InChI is InChI=1S/C23H28BrClN2O4/c1-5-15(2)26-23(29)16(3)27(13-17-7-6-8-19(11-17)30-4)22(28)14-31-21-10-9-18(24)12-20(21)25/h6-12,15-16H,5,13-14H2,1-4H3,(H,26,29). The minimum Gasteiger partial charge on any atom is -0.497 e. The van der Waals surface area contributed by atoms with Gasteiger partial charge in [0.2, 0.25) is 5.91 Å². The monoisotopic (exact) mass is 510 g/mol. The number of amides is 2. The number of nitrogens with zero attached hydrogens (tertiary/aromatic N) is 1. The van der Waals surface area contributed by atoms with Crippen LogP contribution in [-0.2, 0) is 16.1 Å². The summed E-state index contributed by atoms with van der Waals surface area (Å²) in [6.07, 6.45) is 0.799. The smallest absolute Gasteiger partial charge is 0.261 e. The molecule has 0 fully saturated rings. The van der Waals surface area contributed by atoms with Gasteiger partial charge < -0.3 is 19.7 Å². The molecule has 0 saturated heterocycles. The first-order valence-corrected chi connectivity index (χ1v) is 11.2. The van der Waals surface area contributed by atoms with Crippen molar-refractivity contribution in [1.29, 1.82) is 0 Å². The Balaban J connectivity index is 2.20. The summed E-state index contributed by atoms with van der Waals surface area (Å²) in [4.78, 5) is 27.3. The Hall–Kier alpha value is -2.25. The predicted molar refractivity (Wildman–Crippen MR) is 126 cm³/mol. The van der Waals surface area contributed by atoms with Crippen molar-refractivity contribution in [3.63, 3.8) is 0 Å². The quantitative estimate of drug-likeness (QED) is 0.496. The van der Waals surface area contributed by atoms with Crippen LogP contribution < -0.4 is 14.8 Å². The Morgan fingerprint density at radius 1 is 1.19 bits per heavy atom. The summed E-state index contributed by atoms with van der Waals surface area (Å²) >= 11 is 9.52. The van der Waals surface area contributed by atoms with Gasteiger partial charge in [-0.05, 0) is 56.2 Å². The predicted octanol–water partition coefficient (Wildman–Crippen LogP) is 4.82. The zero-order valence-corrected chi connectivity index (χ0v) is 20.5. The SMILES string of the molecule is CCC(C)NC(=O)C(C)N(Cc1cccc(OC)c1)C(=O)COc1ccc(Br)cc1Cl. The van der Waals surface area contributed by atoms with Crippen LogP contribution in [0, 0.1) is 0 Å². The Labute approximate surface area is 197 Å². The van der Waals surface area contributed by atoms with Gasteiger partial charge in [0.05, 0.1) is 12.1 Å². The number of carbonyl (C=O) groups is 2. The number of hydrogen-bond acceptors (Lipinski definition) is 4. The maximum Gasteiger partial charge on any atom is 0.261 e. The van der Waals surface area contributed by atoms with Crippen molar-refractivity contribution in [2.45, 2.75) is 45.8 Å². The molecule has 2 aromatic rings. The molecule has 8 heteroatoms. The Bertz CT molecular complexity index is 909. The Morgan fingerprint density at radius 3 is 2.58 bits per heavy atom. The molecule has 2 unspecified atom stereocenters. The van der Waals surface area contributed by atoms with Gasteiger partial charge in [-0.3, -0.25) is 9.59 Å². The molecular formula is C23H28BrClN2O4. The second kappa shape index (κ2) is 12.0. The lowest BCUT2D eigenvalue weighted by Gasteiger charge is -2.29. The van der Waals surface area contributed by atoms with E-state index in [9.17, 15) is 9.59 Å². The van der Waals surface area contributed by atoms with Crippen molar-refractivity contribution in [2.75, 3.05) is 13.7 Å². The molecule has 0 spiro atoms. The van der Waals surface area contributed by atoms with E-state index in [0.29, 0.717) is 16.5 Å². The minimum absolute atomic E-state index is 0.0153. The fourth-order valence-corrected chi connectivity index (χ4v) is 3.56. The summed E-state index contributed by atoms with van der Waals surface area (Å²) in [5.74, 6) is 0.539. The zero-order chi connectivity index (χ0) is 23.0. The van der Waals surface area contributed by atoms with E-state index in [1.54, 1.807) is 32.2 Å². The third-order valence-corrected chi connectivity index (χ3v) is 5.69. The van der Waals surface area contributed by atoms with E-state index in [0.717, 1.165) is 16.5 Å². The summed E-state index contributed by atoms with van der Waals surface area (Å²) in [7, 11) is 1.58. The van der Waals surface area contributed by atoms with Gasteiger partial charge in [-0.2, -0.15) is 0 Å². The third-order valence-electron chi connectivity index (χ3n) is 4.90. The first-order valence-electron chi connectivity index (χ1n) is 10.1. The van der Waals surface area contributed by atoms with E-state index in [1.165, 1.54) is 4.90 Å². The van der Waals surface area contributed by atoms with Gasteiger partial charge in [0.25, 0.3) is 5.91 Å². The highest BCUT2D eigenvalue weighted by atomic mass is 79.9. The molecule has 2 rings (SSSR count). The molecular weight excluding hydrogens is 484 g/mol. The normalized spacial score (nSPS) is 12.6. The molecule has 2 atom stereocenters. The second-order valence-electron chi connectivity index (χ2n) is 7.23. The molecule has 0 bridgehead atoms. The molecule has 0 saturated carbocycles. The molecule has 0 heterocycles. The molecule has 2 amide bonds. The Morgan fingerprint density at radius 2 is 1.94 bits per heavy atom. The van der Waals surface area contributed by atoms with Gasteiger partial charge >= 0.3 is 0 Å². The van der Waals surface area contributed by atoms with Gasteiger partial charge in [0.1, 0.15) is 17.5 Å². The van der Waals surface area contributed by atoms with Gasteiger partial charge in [-0.25, -0.2) is 0 Å². The van der Waals surface area contributed by atoms with Crippen LogP contribution in [0.3, 0.4) is 0 Å². The van der Waals surface area contributed by atoms with Crippen molar-refractivity contribution in [3.05, 3.63) is 57.5 Å². The second-order valence-corrected chi connectivity index (χ2v) is 8.55. The number of methoxy groups -OCH3 is 1.